The molecule has 0 unspecified atom stereocenters. The Balaban J connectivity index is 2.91. The molecule has 0 saturated carbocycles. The van der Waals surface area contributed by atoms with Crippen LogP contribution in [0.2, 0.25) is 10.0 Å². The van der Waals surface area contributed by atoms with Crippen molar-refractivity contribution in [1.82, 2.24) is 4.98 Å². The van der Waals surface area contributed by atoms with Crippen molar-refractivity contribution >= 4 is 39.8 Å². The summed E-state index contributed by atoms with van der Waals surface area (Å²) in [5.41, 5.74) is 3.71. The second-order valence-electron chi connectivity index (χ2n) is 4.71. The quantitative estimate of drug-likeness (QED) is 0.837. The molecule has 4 heteroatoms. The highest BCUT2D eigenvalue weighted by atomic mass is 35.5. The summed E-state index contributed by atoms with van der Waals surface area (Å²) in [4.78, 5) is 4.63. The lowest BCUT2D eigenvalue weighted by molar-refractivity contribution is 0.830. The first kappa shape index (κ1) is 13.4. The van der Waals surface area contributed by atoms with Gasteiger partial charge in [-0.15, -0.1) is 0 Å². The minimum Gasteiger partial charge on any atom is -0.387 e. The highest BCUT2D eigenvalue weighted by Crippen LogP contribution is 2.37. The minimum atomic E-state index is 0.345. The second kappa shape index (κ2) is 4.94. The SMILES string of the molecule is CNc1cc(C(C)C)nc2c(Cl)cc(C)c(Cl)c12. The molecule has 2 nitrogen and oxygen atoms in total. The first-order chi connectivity index (χ1) is 8.45. The van der Waals surface area contributed by atoms with E-state index in [2.05, 4.69) is 24.1 Å². The van der Waals surface area contributed by atoms with E-state index in [1.54, 1.807) is 0 Å². The molecule has 1 aromatic heterocycles. The Labute approximate surface area is 117 Å². The average Bonchev–Trinajstić information content (AvgIpc) is 2.34. The normalized spacial score (nSPS) is 11.3. The van der Waals surface area contributed by atoms with E-state index in [-0.39, 0.29) is 0 Å². The average molecular weight is 283 g/mol. The number of rotatable bonds is 2. The zero-order chi connectivity index (χ0) is 13.4. The van der Waals surface area contributed by atoms with Crippen LogP contribution in [0.1, 0.15) is 31.0 Å². The summed E-state index contributed by atoms with van der Waals surface area (Å²) in [6, 6.07) is 3.90. The second-order valence-corrected chi connectivity index (χ2v) is 5.50. The molecule has 18 heavy (non-hydrogen) atoms. The van der Waals surface area contributed by atoms with Crippen LogP contribution in [0.25, 0.3) is 10.9 Å². The summed E-state index contributed by atoms with van der Waals surface area (Å²) >= 11 is 12.7. The third kappa shape index (κ3) is 2.15. The number of hydrogen-bond acceptors (Lipinski definition) is 2. The standard InChI is InChI=1S/C14H16Cl2N2/c1-7(2)10-6-11(17-4)12-13(16)8(3)5-9(15)14(12)18-10/h5-7H,1-4H3,(H,17,18). The van der Waals surface area contributed by atoms with E-state index >= 15 is 0 Å². The minimum absolute atomic E-state index is 0.345. The van der Waals surface area contributed by atoms with Crippen molar-refractivity contribution in [2.24, 2.45) is 0 Å². The largest absolute Gasteiger partial charge is 0.387 e. The zero-order valence-electron chi connectivity index (χ0n) is 10.9. The summed E-state index contributed by atoms with van der Waals surface area (Å²) in [6.07, 6.45) is 0. The smallest absolute Gasteiger partial charge is 0.0927 e. The molecule has 0 saturated heterocycles. The summed E-state index contributed by atoms with van der Waals surface area (Å²) in [6.45, 7) is 6.16. The van der Waals surface area contributed by atoms with Crippen LogP contribution >= 0.6 is 23.2 Å². The van der Waals surface area contributed by atoms with Crippen LogP contribution in [0.5, 0.6) is 0 Å². The number of benzene rings is 1. The van der Waals surface area contributed by atoms with Gasteiger partial charge in [0.2, 0.25) is 0 Å². The number of halogens is 2. The van der Waals surface area contributed by atoms with Crippen LogP contribution in [-0.2, 0) is 0 Å². The Bertz CT molecular complexity index is 607. The molecule has 1 N–H and O–H groups in total. The lowest BCUT2D eigenvalue weighted by Crippen LogP contribution is -1.99. The fourth-order valence-corrected chi connectivity index (χ4v) is 2.52. The van der Waals surface area contributed by atoms with Gasteiger partial charge in [0.1, 0.15) is 0 Å². The van der Waals surface area contributed by atoms with Crippen LogP contribution in [-0.4, -0.2) is 12.0 Å². The molecule has 0 fully saturated rings. The fourth-order valence-electron chi connectivity index (χ4n) is 1.97. The van der Waals surface area contributed by atoms with Gasteiger partial charge < -0.3 is 5.32 Å². The summed E-state index contributed by atoms with van der Waals surface area (Å²) in [5.74, 6) is 0.345. The number of nitrogens with zero attached hydrogens (tertiary/aromatic N) is 1. The van der Waals surface area contributed by atoms with Crippen molar-refractivity contribution < 1.29 is 0 Å². The molecule has 2 rings (SSSR count). The summed E-state index contributed by atoms with van der Waals surface area (Å²) < 4.78 is 0. The van der Waals surface area contributed by atoms with Crippen LogP contribution in [0.3, 0.4) is 0 Å². The molecule has 0 spiro atoms. The number of nitrogens with one attached hydrogen (secondary N) is 1. The highest BCUT2D eigenvalue weighted by molar-refractivity contribution is 6.41. The number of aryl methyl sites for hydroxylation is 1. The van der Waals surface area contributed by atoms with E-state index in [4.69, 9.17) is 23.2 Å². The van der Waals surface area contributed by atoms with Gasteiger partial charge in [-0.05, 0) is 30.5 Å². The fraction of sp³-hybridized carbons (Fsp3) is 0.357. The molecule has 0 aliphatic rings. The Morgan fingerprint density at radius 3 is 2.44 bits per heavy atom. The molecule has 0 atom stereocenters. The van der Waals surface area contributed by atoms with Gasteiger partial charge in [-0.25, -0.2) is 0 Å². The van der Waals surface area contributed by atoms with Gasteiger partial charge >= 0.3 is 0 Å². The number of hydrogen-bond donors (Lipinski definition) is 1. The van der Waals surface area contributed by atoms with E-state index in [1.807, 2.05) is 26.1 Å². The predicted molar refractivity (Wildman–Crippen MR) is 80.1 cm³/mol. The molecule has 1 aromatic carbocycles. The Hall–Kier alpha value is -0.990. The topological polar surface area (TPSA) is 24.9 Å². The van der Waals surface area contributed by atoms with Gasteiger partial charge in [0, 0.05) is 23.8 Å². The van der Waals surface area contributed by atoms with E-state index in [1.165, 1.54) is 0 Å². The van der Waals surface area contributed by atoms with E-state index in [0.717, 1.165) is 27.8 Å². The highest BCUT2D eigenvalue weighted by Gasteiger charge is 2.14. The van der Waals surface area contributed by atoms with Crippen molar-refractivity contribution in [1.29, 1.82) is 0 Å². The van der Waals surface area contributed by atoms with E-state index in [9.17, 15) is 0 Å². The Morgan fingerprint density at radius 1 is 1.22 bits per heavy atom. The monoisotopic (exact) mass is 282 g/mol. The molecule has 0 aliphatic heterocycles. The van der Waals surface area contributed by atoms with Crippen molar-refractivity contribution in [3.63, 3.8) is 0 Å². The third-order valence-corrected chi connectivity index (χ3v) is 3.81. The molecule has 0 bridgehead atoms. The molecule has 2 aromatic rings. The van der Waals surface area contributed by atoms with Gasteiger partial charge in [-0.1, -0.05) is 37.0 Å². The maximum atomic E-state index is 6.38. The van der Waals surface area contributed by atoms with E-state index < -0.39 is 0 Å². The zero-order valence-corrected chi connectivity index (χ0v) is 12.4. The lowest BCUT2D eigenvalue weighted by Gasteiger charge is -2.14. The van der Waals surface area contributed by atoms with Crippen LogP contribution in [0.4, 0.5) is 5.69 Å². The maximum absolute atomic E-state index is 6.38. The molecule has 1 heterocycles. The molecule has 0 aliphatic carbocycles. The molecule has 96 valence electrons. The first-order valence-electron chi connectivity index (χ1n) is 5.92. The molecular weight excluding hydrogens is 267 g/mol. The number of aromatic nitrogens is 1. The number of anilines is 1. The first-order valence-corrected chi connectivity index (χ1v) is 6.68. The number of fused-ring (bicyclic) bond motifs is 1. The molecule has 0 amide bonds. The third-order valence-electron chi connectivity index (χ3n) is 3.04. The Morgan fingerprint density at radius 2 is 1.89 bits per heavy atom. The van der Waals surface area contributed by atoms with Gasteiger partial charge in [-0.2, -0.15) is 0 Å². The maximum Gasteiger partial charge on any atom is 0.0927 e. The van der Waals surface area contributed by atoms with Gasteiger partial charge in [0.15, 0.2) is 0 Å². The predicted octanol–water partition coefficient (Wildman–Crippen LogP) is 5.02. The van der Waals surface area contributed by atoms with Gasteiger partial charge in [0.25, 0.3) is 0 Å². The van der Waals surface area contributed by atoms with Crippen molar-refractivity contribution in [2.75, 3.05) is 12.4 Å². The summed E-state index contributed by atoms with van der Waals surface area (Å²) in [5, 5.41) is 5.43. The number of pyridine rings is 1. The van der Waals surface area contributed by atoms with E-state index in [0.29, 0.717) is 16.0 Å². The lowest BCUT2D eigenvalue weighted by atomic mass is 10.0. The molecule has 0 radical (unpaired) electrons. The van der Waals surface area contributed by atoms with Gasteiger partial charge in [0.05, 0.1) is 15.6 Å². The Kier molecular flexibility index (Phi) is 3.69. The molecular formula is C14H16Cl2N2. The van der Waals surface area contributed by atoms with Crippen LogP contribution < -0.4 is 5.32 Å². The van der Waals surface area contributed by atoms with Crippen LogP contribution in [0.15, 0.2) is 12.1 Å². The van der Waals surface area contributed by atoms with Crippen molar-refractivity contribution in [3.05, 3.63) is 33.4 Å². The van der Waals surface area contributed by atoms with Crippen molar-refractivity contribution in [3.8, 4) is 0 Å². The van der Waals surface area contributed by atoms with Crippen molar-refractivity contribution in [2.45, 2.75) is 26.7 Å². The van der Waals surface area contributed by atoms with Gasteiger partial charge in [-0.3, -0.25) is 4.98 Å². The van der Waals surface area contributed by atoms with Crippen LogP contribution in [0, 0.1) is 6.92 Å². The summed E-state index contributed by atoms with van der Waals surface area (Å²) in [7, 11) is 1.88.